The van der Waals surface area contributed by atoms with Gasteiger partial charge in [-0.1, -0.05) is 6.92 Å². The Hall–Kier alpha value is 0.230. The van der Waals surface area contributed by atoms with Crippen LogP contribution in [0.2, 0.25) is 0 Å². The number of nitrogens with two attached hydrogens (primary N) is 1. The highest BCUT2D eigenvalue weighted by Crippen LogP contribution is 2.31. The zero-order valence-electron chi connectivity index (χ0n) is 9.85. The first kappa shape index (κ1) is 11.7. The second kappa shape index (κ2) is 5.04. The molecule has 15 heavy (non-hydrogen) atoms. The molecule has 3 unspecified atom stereocenters. The van der Waals surface area contributed by atoms with Gasteiger partial charge in [0.25, 0.3) is 0 Å². The molecule has 0 aromatic rings. The van der Waals surface area contributed by atoms with E-state index < -0.39 is 0 Å². The maximum Gasteiger partial charge on any atom is 0.0349 e. The van der Waals surface area contributed by atoms with Crippen LogP contribution in [0.5, 0.6) is 0 Å². The van der Waals surface area contributed by atoms with E-state index in [0.29, 0.717) is 6.04 Å². The van der Waals surface area contributed by atoms with E-state index in [2.05, 4.69) is 35.5 Å². The topological polar surface area (TPSA) is 32.5 Å². The summed E-state index contributed by atoms with van der Waals surface area (Å²) in [5, 5.41) is 0.841. The second-order valence-corrected chi connectivity index (χ2v) is 6.39. The maximum atomic E-state index is 5.88. The Kier molecular flexibility index (Phi) is 3.93. The molecule has 2 N–H and O–H groups in total. The van der Waals surface area contributed by atoms with Gasteiger partial charge in [0.05, 0.1) is 0 Å². The van der Waals surface area contributed by atoms with Crippen molar-refractivity contribution in [3.8, 4) is 0 Å². The third-order valence-corrected chi connectivity index (χ3v) is 4.99. The Morgan fingerprint density at radius 3 is 2.80 bits per heavy atom. The quantitative estimate of drug-likeness (QED) is 0.745. The van der Waals surface area contributed by atoms with E-state index >= 15 is 0 Å². The second-order valence-electron chi connectivity index (χ2n) is 4.92. The SMILES string of the molecule is CC1CC(N2CCN(C)CC2CN)CS1. The summed E-state index contributed by atoms with van der Waals surface area (Å²) in [6.45, 7) is 6.70. The van der Waals surface area contributed by atoms with Gasteiger partial charge >= 0.3 is 0 Å². The lowest BCUT2D eigenvalue weighted by Gasteiger charge is -2.42. The molecule has 4 heteroatoms. The molecule has 0 saturated carbocycles. The fourth-order valence-electron chi connectivity index (χ4n) is 2.74. The van der Waals surface area contributed by atoms with E-state index in [1.54, 1.807) is 0 Å². The lowest BCUT2D eigenvalue weighted by atomic mass is 10.1. The Labute approximate surface area is 97.4 Å². The van der Waals surface area contributed by atoms with Gasteiger partial charge in [-0.3, -0.25) is 4.90 Å². The van der Waals surface area contributed by atoms with E-state index in [1.165, 1.54) is 25.3 Å². The minimum Gasteiger partial charge on any atom is -0.329 e. The zero-order valence-corrected chi connectivity index (χ0v) is 10.7. The highest BCUT2D eigenvalue weighted by Gasteiger charge is 2.33. The predicted molar refractivity (Wildman–Crippen MR) is 67.4 cm³/mol. The number of nitrogens with zero attached hydrogens (tertiary/aromatic N) is 2. The van der Waals surface area contributed by atoms with Crippen LogP contribution >= 0.6 is 11.8 Å². The van der Waals surface area contributed by atoms with Crippen molar-refractivity contribution in [3.63, 3.8) is 0 Å². The average molecular weight is 229 g/mol. The first-order chi connectivity index (χ1) is 7.20. The van der Waals surface area contributed by atoms with E-state index in [-0.39, 0.29) is 0 Å². The molecule has 2 fully saturated rings. The van der Waals surface area contributed by atoms with Gasteiger partial charge in [0.2, 0.25) is 0 Å². The molecule has 0 radical (unpaired) electrons. The Bertz CT molecular complexity index is 210. The molecule has 0 aromatic heterocycles. The summed E-state index contributed by atoms with van der Waals surface area (Å²) in [7, 11) is 2.20. The molecule has 0 aromatic carbocycles. The molecular weight excluding hydrogens is 206 g/mol. The van der Waals surface area contributed by atoms with Crippen LogP contribution in [0.1, 0.15) is 13.3 Å². The highest BCUT2D eigenvalue weighted by atomic mass is 32.2. The van der Waals surface area contributed by atoms with Crippen molar-refractivity contribution < 1.29 is 0 Å². The summed E-state index contributed by atoms with van der Waals surface area (Å²) in [6, 6.07) is 1.37. The van der Waals surface area contributed by atoms with Crippen molar-refractivity contribution in [2.24, 2.45) is 5.73 Å². The van der Waals surface area contributed by atoms with Crippen LogP contribution in [0.3, 0.4) is 0 Å². The fourth-order valence-corrected chi connectivity index (χ4v) is 3.98. The minimum atomic E-state index is 0.583. The molecule has 3 nitrogen and oxygen atoms in total. The lowest BCUT2D eigenvalue weighted by molar-refractivity contribution is 0.0636. The number of hydrogen-bond donors (Lipinski definition) is 1. The zero-order chi connectivity index (χ0) is 10.8. The molecular formula is C11H23N3S. The highest BCUT2D eigenvalue weighted by molar-refractivity contribution is 8.00. The van der Waals surface area contributed by atoms with Crippen LogP contribution in [0, 0.1) is 0 Å². The maximum absolute atomic E-state index is 5.88. The number of likely N-dealkylation sites (N-methyl/N-ethyl adjacent to an activating group) is 1. The van der Waals surface area contributed by atoms with Crippen molar-refractivity contribution in [2.45, 2.75) is 30.7 Å². The Morgan fingerprint density at radius 2 is 2.20 bits per heavy atom. The minimum absolute atomic E-state index is 0.583. The van der Waals surface area contributed by atoms with E-state index in [4.69, 9.17) is 5.73 Å². The molecule has 0 amide bonds. The summed E-state index contributed by atoms with van der Waals surface area (Å²) in [5.74, 6) is 1.31. The van der Waals surface area contributed by atoms with Crippen molar-refractivity contribution in [1.82, 2.24) is 9.80 Å². The van der Waals surface area contributed by atoms with Gasteiger partial charge in [-0.15, -0.1) is 0 Å². The fraction of sp³-hybridized carbons (Fsp3) is 1.00. The molecule has 0 bridgehead atoms. The predicted octanol–water partition coefficient (Wildman–Crippen LogP) is 0.455. The molecule has 88 valence electrons. The van der Waals surface area contributed by atoms with Gasteiger partial charge < -0.3 is 10.6 Å². The van der Waals surface area contributed by atoms with Gasteiger partial charge in [0.1, 0.15) is 0 Å². The first-order valence-electron chi connectivity index (χ1n) is 5.96. The summed E-state index contributed by atoms with van der Waals surface area (Å²) in [5.41, 5.74) is 5.88. The van der Waals surface area contributed by atoms with Crippen LogP contribution < -0.4 is 5.73 Å². The van der Waals surface area contributed by atoms with Gasteiger partial charge in [-0.25, -0.2) is 0 Å². The van der Waals surface area contributed by atoms with E-state index in [0.717, 1.165) is 24.4 Å². The molecule has 2 aliphatic heterocycles. The van der Waals surface area contributed by atoms with Gasteiger partial charge in [-0.05, 0) is 13.5 Å². The van der Waals surface area contributed by atoms with Crippen molar-refractivity contribution in [1.29, 1.82) is 0 Å². The summed E-state index contributed by atoms with van der Waals surface area (Å²) < 4.78 is 0. The van der Waals surface area contributed by atoms with Crippen LogP contribution in [0.25, 0.3) is 0 Å². The number of thioether (sulfide) groups is 1. The van der Waals surface area contributed by atoms with Crippen LogP contribution in [-0.4, -0.2) is 66.1 Å². The van der Waals surface area contributed by atoms with Gasteiger partial charge in [-0.2, -0.15) is 11.8 Å². The van der Waals surface area contributed by atoms with E-state index in [1.807, 2.05) is 0 Å². The van der Waals surface area contributed by atoms with Crippen molar-refractivity contribution in [2.75, 3.05) is 39.0 Å². The Morgan fingerprint density at radius 1 is 1.40 bits per heavy atom. The number of piperazine rings is 1. The molecule has 2 saturated heterocycles. The number of hydrogen-bond acceptors (Lipinski definition) is 4. The van der Waals surface area contributed by atoms with Gasteiger partial charge in [0, 0.05) is 49.3 Å². The molecule has 2 aliphatic rings. The van der Waals surface area contributed by atoms with Crippen molar-refractivity contribution >= 4 is 11.8 Å². The molecule has 0 aliphatic carbocycles. The third-order valence-electron chi connectivity index (χ3n) is 3.65. The monoisotopic (exact) mass is 229 g/mol. The average Bonchev–Trinajstić information content (AvgIpc) is 2.64. The van der Waals surface area contributed by atoms with Crippen LogP contribution in [-0.2, 0) is 0 Å². The molecule has 3 atom stereocenters. The van der Waals surface area contributed by atoms with Crippen molar-refractivity contribution in [3.05, 3.63) is 0 Å². The lowest BCUT2D eigenvalue weighted by Crippen LogP contribution is -2.58. The number of rotatable bonds is 2. The molecule has 0 spiro atoms. The third kappa shape index (κ3) is 2.67. The largest absolute Gasteiger partial charge is 0.329 e. The Balaban J connectivity index is 1.95. The summed E-state index contributed by atoms with van der Waals surface area (Å²) in [4.78, 5) is 5.07. The molecule has 2 heterocycles. The standard InChI is InChI=1S/C11H23N3S/c1-9-5-10(8-15-9)14-4-3-13(2)7-11(14)6-12/h9-11H,3-8,12H2,1-2H3. The first-order valence-corrected chi connectivity index (χ1v) is 7.01. The summed E-state index contributed by atoms with van der Waals surface area (Å²) >= 11 is 2.12. The summed E-state index contributed by atoms with van der Waals surface area (Å²) in [6.07, 6.45) is 1.35. The smallest absolute Gasteiger partial charge is 0.0349 e. The molecule has 2 rings (SSSR count). The van der Waals surface area contributed by atoms with E-state index in [9.17, 15) is 0 Å². The normalized spacial score (nSPS) is 39.8. The van der Waals surface area contributed by atoms with Gasteiger partial charge in [0.15, 0.2) is 0 Å². The van der Waals surface area contributed by atoms with Crippen LogP contribution in [0.4, 0.5) is 0 Å². The van der Waals surface area contributed by atoms with Crippen LogP contribution in [0.15, 0.2) is 0 Å².